The predicted octanol–water partition coefficient (Wildman–Crippen LogP) is 3.95. The van der Waals surface area contributed by atoms with Crippen LogP contribution < -0.4 is 11.2 Å². The molecule has 1 aliphatic rings. The highest BCUT2D eigenvalue weighted by Crippen LogP contribution is 2.35. The van der Waals surface area contributed by atoms with Gasteiger partial charge in [0.05, 0.1) is 5.52 Å². The summed E-state index contributed by atoms with van der Waals surface area (Å²) in [6.45, 7) is 0. The number of halogens is 2. The van der Waals surface area contributed by atoms with Gasteiger partial charge in [0.2, 0.25) is 5.43 Å². The molecule has 1 fully saturated rings. The predicted molar refractivity (Wildman–Crippen MR) is 106 cm³/mol. The highest BCUT2D eigenvalue weighted by molar-refractivity contribution is 5.93. The highest BCUT2D eigenvalue weighted by atomic mass is 19.1. The van der Waals surface area contributed by atoms with E-state index in [1.54, 1.807) is 6.07 Å². The molecule has 3 aromatic rings. The lowest BCUT2D eigenvalue weighted by Crippen LogP contribution is -2.26. The summed E-state index contributed by atoms with van der Waals surface area (Å²) in [6, 6.07) is 8.29. The van der Waals surface area contributed by atoms with Crippen molar-refractivity contribution in [2.24, 2.45) is 5.73 Å². The molecule has 29 heavy (non-hydrogen) atoms. The van der Waals surface area contributed by atoms with Gasteiger partial charge in [-0.25, -0.2) is 13.6 Å². The Morgan fingerprint density at radius 2 is 1.72 bits per heavy atom. The zero-order chi connectivity index (χ0) is 20.7. The third kappa shape index (κ3) is 3.53. The number of fused-ring (bicyclic) bond motifs is 1. The lowest BCUT2D eigenvalue weighted by molar-refractivity contribution is 0.0695. The normalized spacial score (nSPS) is 19.4. The Morgan fingerprint density at radius 3 is 2.34 bits per heavy atom. The molecular weight excluding hydrogens is 378 g/mol. The molecule has 3 N–H and O–H groups in total. The Balaban J connectivity index is 1.97. The van der Waals surface area contributed by atoms with Gasteiger partial charge in [0.15, 0.2) is 0 Å². The molecule has 0 bridgehead atoms. The molecule has 5 nitrogen and oxygen atoms in total. The largest absolute Gasteiger partial charge is 0.477 e. The van der Waals surface area contributed by atoms with Gasteiger partial charge in [-0.2, -0.15) is 0 Å². The van der Waals surface area contributed by atoms with Gasteiger partial charge >= 0.3 is 5.97 Å². The van der Waals surface area contributed by atoms with Crippen LogP contribution in [0.1, 0.15) is 47.5 Å². The van der Waals surface area contributed by atoms with Crippen LogP contribution in [0, 0.1) is 11.6 Å². The molecule has 7 heteroatoms. The van der Waals surface area contributed by atoms with Gasteiger partial charge in [-0.05, 0) is 73.6 Å². The van der Waals surface area contributed by atoms with E-state index in [4.69, 9.17) is 5.73 Å². The van der Waals surface area contributed by atoms with Gasteiger partial charge in [0.1, 0.15) is 17.2 Å². The SMILES string of the molecule is NC1CCC(c2cc3c(cc2F)c(=O)c(C(=O)O)cn3-c2ccc(F)cc2)CC1. The number of carboxylic acids is 1. The topological polar surface area (TPSA) is 85.3 Å². The molecule has 0 saturated heterocycles. The van der Waals surface area contributed by atoms with Crippen LogP contribution in [0.3, 0.4) is 0 Å². The number of carboxylic acid groups (broad SMARTS) is 1. The summed E-state index contributed by atoms with van der Waals surface area (Å²) in [7, 11) is 0. The standard InChI is InChI=1S/C22H20F2N2O3/c23-13-3-7-15(8-4-13)26-11-18(22(28)29)21(27)17-9-19(24)16(10-20(17)26)12-1-5-14(25)6-2-12/h3-4,7-12,14H,1-2,5-6,25H2,(H,28,29). The van der Waals surface area contributed by atoms with Gasteiger partial charge in [-0.15, -0.1) is 0 Å². The minimum atomic E-state index is -1.40. The second-order valence-corrected chi connectivity index (χ2v) is 7.53. The first-order chi connectivity index (χ1) is 13.8. The van der Waals surface area contributed by atoms with E-state index in [0.29, 0.717) is 16.8 Å². The summed E-state index contributed by atoms with van der Waals surface area (Å²) in [5, 5.41) is 9.39. The summed E-state index contributed by atoms with van der Waals surface area (Å²) >= 11 is 0. The number of nitrogens with two attached hydrogens (primary N) is 1. The van der Waals surface area contributed by atoms with E-state index in [2.05, 4.69) is 0 Å². The van der Waals surface area contributed by atoms with E-state index < -0.39 is 28.6 Å². The monoisotopic (exact) mass is 398 g/mol. The van der Waals surface area contributed by atoms with Crippen molar-refractivity contribution in [3.63, 3.8) is 0 Å². The Labute approximate surface area is 165 Å². The lowest BCUT2D eigenvalue weighted by atomic mass is 9.81. The first kappa shape index (κ1) is 19.3. The third-order valence-electron chi connectivity index (χ3n) is 5.67. The third-order valence-corrected chi connectivity index (χ3v) is 5.67. The Morgan fingerprint density at radius 1 is 1.07 bits per heavy atom. The molecule has 0 aliphatic heterocycles. The maximum absolute atomic E-state index is 14.9. The molecule has 0 atom stereocenters. The molecule has 2 aromatic carbocycles. The number of nitrogens with zero attached hydrogens (tertiary/aromatic N) is 1. The van der Waals surface area contributed by atoms with Gasteiger partial charge in [-0.3, -0.25) is 4.79 Å². The molecule has 1 saturated carbocycles. The van der Waals surface area contributed by atoms with Gasteiger partial charge in [0, 0.05) is 23.3 Å². The molecule has 0 amide bonds. The van der Waals surface area contributed by atoms with Crippen LogP contribution in [0.5, 0.6) is 0 Å². The van der Waals surface area contributed by atoms with Crippen molar-refractivity contribution in [2.75, 3.05) is 0 Å². The van der Waals surface area contributed by atoms with E-state index in [-0.39, 0.29) is 17.3 Å². The van der Waals surface area contributed by atoms with Crippen molar-refractivity contribution >= 4 is 16.9 Å². The minimum Gasteiger partial charge on any atom is -0.477 e. The maximum Gasteiger partial charge on any atom is 0.341 e. The van der Waals surface area contributed by atoms with E-state index in [9.17, 15) is 23.5 Å². The first-order valence-electron chi connectivity index (χ1n) is 9.48. The first-order valence-corrected chi connectivity index (χ1v) is 9.48. The molecule has 150 valence electrons. The Hall–Kier alpha value is -3.06. The Kier molecular flexibility index (Phi) is 4.92. The quantitative estimate of drug-likeness (QED) is 0.700. The molecule has 0 spiro atoms. The average molecular weight is 398 g/mol. The van der Waals surface area contributed by atoms with Crippen LogP contribution in [0.2, 0.25) is 0 Å². The van der Waals surface area contributed by atoms with Crippen molar-refractivity contribution in [3.8, 4) is 5.69 Å². The summed E-state index contributed by atoms with van der Waals surface area (Å²) in [6.07, 6.45) is 4.30. The number of carbonyl (C=O) groups is 1. The van der Waals surface area contributed by atoms with Crippen molar-refractivity contribution in [2.45, 2.75) is 37.6 Å². The van der Waals surface area contributed by atoms with Crippen molar-refractivity contribution < 1.29 is 18.7 Å². The smallest absolute Gasteiger partial charge is 0.341 e. The summed E-state index contributed by atoms with van der Waals surface area (Å²) in [5.74, 6) is -2.39. The second kappa shape index (κ2) is 7.40. The number of hydrogen-bond donors (Lipinski definition) is 2. The van der Waals surface area contributed by atoms with Gasteiger partial charge in [-0.1, -0.05) is 0 Å². The maximum atomic E-state index is 14.9. The molecular formula is C22H20F2N2O3. The van der Waals surface area contributed by atoms with Crippen LogP contribution >= 0.6 is 0 Å². The number of benzene rings is 2. The molecule has 1 heterocycles. The average Bonchev–Trinajstić information content (AvgIpc) is 2.70. The number of aromatic nitrogens is 1. The van der Waals surface area contributed by atoms with Crippen molar-refractivity contribution in [1.82, 2.24) is 4.57 Å². The van der Waals surface area contributed by atoms with E-state index in [1.807, 2.05) is 0 Å². The fourth-order valence-corrected chi connectivity index (χ4v) is 4.07. The fourth-order valence-electron chi connectivity index (χ4n) is 4.07. The molecule has 1 aliphatic carbocycles. The fraction of sp³-hybridized carbons (Fsp3) is 0.273. The van der Waals surface area contributed by atoms with Crippen LogP contribution in [0.15, 0.2) is 47.4 Å². The number of rotatable bonds is 3. The minimum absolute atomic E-state index is 0.0184. The van der Waals surface area contributed by atoms with E-state index in [1.165, 1.54) is 35.0 Å². The zero-order valence-corrected chi connectivity index (χ0v) is 15.6. The van der Waals surface area contributed by atoms with Gasteiger partial charge < -0.3 is 15.4 Å². The summed E-state index contributed by atoms with van der Waals surface area (Å²) in [4.78, 5) is 24.2. The number of hydrogen-bond acceptors (Lipinski definition) is 3. The molecule has 0 radical (unpaired) electrons. The van der Waals surface area contributed by atoms with Crippen molar-refractivity contribution in [1.29, 1.82) is 0 Å². The van der Waals surface area contributed by atoms with Crippen LogP contribution in [0.4, 0.5) is 8.78 Å². The Bertz CT molecular complexity index is 1150. The van der Waals surface area contributed by atoms with Crippen LogP contribution in [-0.4, -0.2) is 21.7 Å². The lowest BCUT2D eigenvalue weighted by Gasteiger charge is -2.27. The summed E-state index contributed by atoms with van der Waals surface area (Å²) < 4.78 is 29.8. The molecule has 0 unspecified atom stereocenters. The van der Waals surface area contributed by atoms with Gasteiger partial charge in [0.25, 0.3) is 0 Å². The highest BCUT2D eigenvalue weighted by Gasteiger charge is 2.25. The summed E-state index contributed by atoms with van der Waals surface area (Å²) in [5.41, 5.74) is 6.08. The number of aromatic carboxylic acids is 1. The van der Waals surface area contributed by atoms with E-state index >= 15 is 0 Å². The molecule has 1 aromatic heterocycles. The van der Waals surface area contributed by atoms with Crippen LogP contribution in [0.25, 0.3) is 16.6 Å². The molecule has 4 rings (SSSR count). The van der Waals surface area contributed by atoms with Crippen molar-refractivity contribution in [3.05, 3.63) is 75.6 Å². The van der Waals surface area contributed by atoms with E-state index in [0.717, 1.165) is 31.7 Å². The van der Waals surface area contributed by atoms with Crippen LogP contribution in [-0.2, 0) is 0 Å². The number of pyridine rings is 1. The zero-order valence-electron chi connectivity index (χ0n) is 15.6. The second-order valence-electron chi connectivity index (χ2n) is 7.53.